The number of halogens is 1. The van der Waals surface area contributed by atoms with E-state index in [4.69, 9.17) is 4.42 Å². The molecule has 0 N–H and O–H groups in total. The summed E-state index contributed by atoms with van der Waals surface area (Å²) in [5.74, 6) is -0.564. The van der Waals surface area contributed by atoms with Crippen LogP contribution >= 0.6 is 11.8 Å². The van der Waals surface area contributed by atoms with Crippen molar-refractivity contribution < 1.29 is 8.81 Å². The van der Waals surface area contributed by atoms with E-state index in [1.165, 1.54) is 12.3 Å². The summed E-state index contributed by atoms with van der Waals surface area (Å²) in [6.07, 6.45) is 2.69. The first-order valence-electron chi connectivity index (χ1n) is 3.81. The van der Waals surface area contributed by atoms with Crippen LogP contribution in [0.5, 0.6) is 0 Å². The quantitative estimate of drug-likeness (QED) is 0.711. The molecule has 0 saturated carbocycles. The third-order valence-corrected chi connectivity index (χ3v) is 2.19. The highest BCUT2D eigenvalue weighted by molar-refractivity contribution is 7.99. The zero-order chi connectivity index (χ0) is 9.97. The Morgan fingerprint density at radius 1 is 1.43 bits per heavy atom. The van der Waals surface area contributed by atoms with Gasteiger partial charge in [-0.1, -0.05) is 0 Å². The number of aromatic nitrogens is 3. The molecule has 0 bridgehead atoms. The number of aryl methyl sites for hydroxylation is 1. The fraction of sp³-hybridized carbons (Fsp3) is 0.125. The van der Waals surface area contributed by atoms with Crippen molar-refractivity contribution in [3.05, 3.63) is 30.3 Å². The van der Waals surface area contributed by atoms with Crippen molar-refractivity contribution in [2.75, 3.05) is 0 Å². The van der Waals surface area contributed by atoms with E-state index in [1.54, 1.807) is 0 Å². The van der Waals surface area contributed by atoms with Crippen molar-refractivity contribution >= 4 is 11.8 Å². The van der Waals surface area contributed by atoms with Gasteiger partial charge >= 0.3 is 0 Å². The molecule has 0 radical (unpaired) electrons. The largest absolute Gasteiger partial charge is 0.439 e. The topological polar surface area (TPSA) is 51.8 Å². The summed E-state index contributed by atoms with van der Waals surface area (Å²) in [6, 6.07) is 1.23. The molecule has 0 fully saturated rings. The minimum atomic E-state index is -0.564. The van der Waals surface area contributed by atoms with Gasteiger partial charge in [0.15, 0.2) is 0 Å². The number of hydrogen-bond donors (Lipinski definition) is 0. The Balaban J connectivity index is 2.18. The van der Waals surface area contributed by atoms with Gasteiger partial charge in [-0.25, -0.2) is 15.0 Å². The summed E-state index contributed by atoms with van der Waals surface area (Å²) in [4.78, 5) is 11.2. The van der Waals surface area contributed by atoms with Gasteiger partial charge in [-0.3, -0.25) is 0 Å². The number of rotatable bonds is 2. The normalized spacial score (nSPS) is 10.4. The van der Waals surface area contributed by atoms with Gasteiger partial charge in [0.05, 0.1) is 5.69 Å². The molecule has 14 heavy (non-hydrogen) atoms. The number of nitrogens with zero attached hydrogens (tertiary/aromatic N) is 3. The highest BCUT2D eigenvalue weighted by Crippen LogP contribution is 2.24. The van der Waals surface area contributed by atoms with Crippen LogP contribution in [0, 0.1) is 12.9 Å². The predicted octanol–water partition coefficient (Wildman–Crippen LogP) is 2.06. The Bertz CT molecular complexity index is 446. The van der Waals surface area contributed by atoms with Crippen LogP contribution < -0.4 is 0 Å². The maximum absolute atomic E-state index is 12.7. The van der Waals surface area contributed by atoms with Crippen molar-refractivity contribution in [1.29, 1.82) is 0 Å². The standard InChI is InChI=1S/C8H6FN3OS/c1-5-3-13-8(12-5)14-7-2-6(9)10-4-11-7/h2-4H,1H3. The molecule has 2 aromatic heterocycles. The van der Waals surface area contributed by atoms with Crippen LogP contribution in [0.4, 0.5) is 4.39 Å². The SMILES string of the molecule is Cc1coc(Sc2cc(F)ncn2)n1. The predicted molar refractivity (Wildman–Crippen MR) is 47.4 cm³/mol. The van der Waals surface area contributed by atoms with Crippen LogP contribution in [0.25, 0.3) is 0 Å². The summed E-state index contributed by atoms with van der Waals surface area (Å²) < 4.78 is 17.7. The first-order valence-corrected chi connectivity index (χ1v) is 4.63. The van der Waals surface area contributed by atoms with Crippen LogP contribution in [-0.2, 0) is 0 Å². The summed E-state index contributed by atoms with van der Waals surface area (Å²) in [6.45, 7) is 1.81. The first kappa shape index (κ1) is 9.14. The molecule has 0 aromatic carbocycles. The maximum atomic E-state index is 12.7. The van der Waals surface area contributed by atoms with Crippen LogP contribution in [0.3, 0.4) is 0 Å². The maximum Gasteiger partial charge on any atom is 0.262 e. The molecular weight excluding hydrogens is 205 g/mol. The lowest BCUT2D eigenvalue weighted by Gasteiger charge is -1.93. The van der Waals surface area contributed by atoms with Crippen molar-refractivity contribution in [3.63, 3.8) is 0 Å². The molecule has 0 amide bonds. The molecule has 0 saturated heterocycles. The molecule has 0 aliphatic heterocycles. The highest BCUT2D eigenvalue weighted by atomic mass is 32.2. The average Bonchev–Trinajstić information content (AvgIpc) is 2.51. The highest BCUT2D eigenvalue weighted by Gasteiger charge is 2.05. The average molecular weight is 211 g/mol. The van der Waals surface area contributed by atoms with E-state index in [0.717, 1.165) is 23.8 Å². The van der Waals surface area contributed by atoms with E-state index in [1.807, 2.05) is 6.92 Å². The second-order valence-corrected chi connectivity index (χ2v) is 3.51. The molecule has 0 aliphatic rings. The Hall–Kier alpha value is -1.43. The van der Waals surface area contributed by atoms with Crippen molar-refractivity contribution in [2.24, 2.45) is 0 Å². The van der Waals surface area contributed by atoms with Gasteiger partial charge in [-0.15, -0.1) is 0 Å². The molecule has 0 unspecified atom stereocenters. The minimum absolute atomic E-state index is 0.445. The Kier molecular flexibility index (Phi) is 2.45. The van der Waals surface area contributed by atoms with Gasteiger partial charge < -0.3 is 4.42 Å². The van der Waals surface area contributed by atoms with Crippen molar-refractivity contribution in [1.82, 2.24) is 15.0 Å². The number of hydrogen-bond acceptors (Lipinski definition) is 5. The smallest absolute Gasteiger partial charge is 0.262 e. The Morgan fingerprint density at radius 3 is 2.93 bits per heavy atom. The molecule has 72 valence electrons. The Labute approximate surface area is 83.6 Å². The Morgan fingerprint density at radius 2 is 2.29 bits per heavy atom. The molecule has 2 aromatic rings. The molecule has 2 heterocycles. The molecule has 4 nitrogen and oxygen atoms in total. The summed E-state index contributed by atoms with van der Waals surface area (Å²) in [5, 5.41) is 0.917. The van der Waals surface area contributed by atoms with E-state index in [-0.39, 0.29) is 0 Å². The summed E-state index contributed by atoms with van der Waals surface area (Å²) >= 11 is 1.15. The number of oxazole rings is 1. The second-order valence-electron chi connectivity index (χ2n) is 2.54. The van der Waals surface area contributed by atoms with E-state index >= 15 is 0 Å². The van der Waals surface area contributed by atoms with Gasteiger partial charge in [0.2, 0.25) is 5.95 Å². The molecule has 2 rings (SSSR count). The van der Waals surface area contributed by atoms with Crippen molar-refractivity contribution in [2.45, 2.75) is 17.2 Å². The van der Waals surface area contributed by atoms with E-state index in [9.17, 15) is 4.39 Å². The lowest BCUT2D eigenvalue weighted by atomic mass is 10.6. The van der Waals surface area contributed by atoms with Gasteiger partial charge in [0, 0.05) is 6.07 Å². The summed E-state index contributed by atoms with van der Waals surface area (Å²) in [7, 11) is 0. The molecular formula is C8H6FN3OS. The second kappa shape index (κ2) is 3.75. The fourth-order valence-corrected chi connectivity index (χ4v) is 1.56. The van der Waals surface area contributed by atoms with Gasteiger partial charge in [0.25, 0.3) is 5.22 Å². The van der Waals surface area contributed by atoms with E-state index < -0.39 is 5.95 Å². The van der Waals surface area contributed by atoms with Crippen LogP contribution in [0.1, 0.15) is 5.69 Å². The fourth-order valence-electron chi connectivity index (χ4n) is 0.842. The molecule has 0 spiro atoms. The van der Waals surface area contributed by atoms with Crippen LogP contribution in [0.15, 0.2) is 33.3 Å². The van der Waals surface area contributed by atoms with Gasteiger partial charge in [0.1, 0.15) is 17.6 Å². The van der Waals surface area contributed by atoms with Gasteiger partial charge in [-0.05, 0) is 18.7 Å². The first-order chi connectivity index (χ1) is 6.74. The molecule has 0 aliphatic carbocycles. The lowest BCUT2D eigenvalue weighted by Crippen LogP contribution is -1.86. The van der Waals surface area contributed by atoms with Crippen molar-refractivity contribution in [3.8, 4) is 0 Å². The molecule has 6 heteroatoms. The monoisotopic (exact) mass is 211 g/mol. The van der Waals surface area contributed by atoms with E-state index in [0.29, 0.717) is 10.2 Å². The third-order valence-electron chi connectivity index (χ3n) is 1.40. The lowest BCUT2D eigenvalue weighted by molar-refractivity contribution is 0.453. The van der Waals surface area contributed by atoms with Crippen LogP contribution in [0.2, 0.25) is 0 Å². The third kappa shape index (κ3) is 2.08. The minimum Gasteiger partial charge on any atom is -0.439 e. The van der Waals surface area contributed by atoms with Gasteiger partial charge in [-0.2, -0.15) is 4.39 Å². The summed E-state index contributed by atoms with van der Waals surface area (Å²) in [5.41, 5.74) is 0.780. The molecule has 0 atom stereocenters. The van der Waals surface area contributed by atoms with E-state index in [2.05, 4.69) is 15.0 Å². The zero-order valence-corrected chi connectivity index (χ0v) is 8.08. The zero-order valence-electron chi connectivity index (χ0n) is 7.27. The van der Waals surface area contributed by atoms with Crippen LogP contribution in [-0.4, -0.2) is 15.0 Å².